The second-order valence-corrected chi connectivity index (χ2v) is 11.8. The van der Waals surface area contributed by atoms with E-state index in [1.165, 1.54) is 23.1 Å². The topological polar surface area (TPSA) is 86.8 Å². The van der Waals surface area contributed by atoms with Crippen LogP contribution in [0, 0.1) is 0 Å². The minimum Gasteiger partial charge on any atom is -0.352 e. The van der Waals surface area contributed by atoms with E-state index in [1.54, 1.807) is 39.0 Å². The first kappa shape index (κ1) is 29.5. The molecule has 2 rings (SSSR count). The molecule has 192 valence electrons. The molecule has 7 nitrogen and oxygen atoms in total. The standard InChI is InChI=1S/C23H27Cl4N3O4S/c1-5-21(23(32)28-14(2)3)29(12-18-19(26)7-6-8-20(18)27)22(31)13-30(35(4,33)34)17-10-15(24)9-16(25)11-17/h6-11,14,21H,5,12-13H2,1-4H3,(H,28,32)/t21-/m0/s1. The van der Waals surface area contributed by atoms with Crippen molar-refractivity contribution >= 4 is 73.9 Å². The molecule has 0 unspecified atom stereocenters. The largest absolute Gasteiger partial charge is 0.352 e. The molecule has 0 fully saturated rings. The van der Waals surface area contributed by atoms with Crippen LogP contribution in [0.25, 0.3) is 0 Å². The van der Waals surface area contributed by atoms with Crippen molar-refractivity contribution in [3.05, 3.63) is 62.1 Å². The summed E-state index contributed by atoms with van der Waals surface area (Å²) < 4.78 is 26.2. The molecule has 2 aromatic rings. The summed E-state index contributed by atoms with van der Waals surface area (Å²) in [7, 11) is -3.93. The Morgan fingerprint density at radius 3 is 2.00 bits per heavy atom. The van der Waals surface area contributed by atoms with E-state index in [0.29, 0.717) is 15.6 Å². The molecule has 2 aromatic carbocycles. The Kier molecular flexibility index (Phi) is 10.5. The van der Waals surface area contributed by atoms with Crippen molar-refractivity contribution in [2.45, 2.75) is 45.8 Å². The zero-order chi connectivity index (χ0) is 26.5. The number of carbonyl (C=O) groups excluding carboxylic acids is 2. The molecule has 35 heavy (non-hydrogen) atoms. The lowest BCUT2D eigenvalue weighted by atomic mass is 10.1. The third kappa shape index (κ3) is 8.15. The van der Waals surface area contributed by atoms with Crippen LogP contribution in [0.5, 0.6) is 0 Å². The minimum absolute atomic E-state index is 0.102. The van der Waals surface area contributed by atoms with Gasteiger partial charge >= 0.3 is 0 Å². The summed E-state index contributed by atoms with van der Waals surface area (Å²) in [6, 6.07) is 8.07. The Morgan fingerprint density at radius 2 is 1.54 bits per heavy atom. The van der Waals surface area contributed by atoms with E-state index in [1.807, 2.05) is 0 Å². The van der Waals surface area contributed by atoms with Crippen LogP contribution in [-0.4, -0.2) is 50.0 Å². The molecule has 0 aromatic heterocycles. The quantitative estimate of drug-likeness (QED) is 0.406. The molecule has 0 aliphatic rings. The summed E-state index contributed by atoms with van der Waals surface area (Å²) in [4.78, 5) is 27.9. The van der Waals surface area contributed by atoms with Gasteiger partial charge in [-0.2, -0.15) is 0 Å². The SMILES string of the molecule is CC[C@@H](C(=O)NC(C)C)N(Cc1c(Cl)cccc1Cl)C(=O)CN(c1cc(Cl)cc(Cl)c1)S(C)(=O)=O. The fourth-order valence-corrected chi connectivity index (χ4v) is 5.32. The van der Waals surface area contributed by atoms with Gasteiger partial charge in [0.15, 0.2) is 0 Å². The number of nitrogens with zero attached hydrogens (tertiary/aromatic N) is 2. The van der Waals surface area contributed by atoms with Crippen LogP contribution in [0.1, 0.15) is 32.8 Å². The number of anilines is 1. The van der Waals surface area contributed by atoms with E-state index < -0.39 is 28.5 Å². The summed E-state index contributed by atoms with van der Waals surface area (Å²) in [5, 5.41) is 3.85. The van der Waals surface area contributed by atoms with E-state index in [-0.39, 0.29) is 40.6 Å². The molecule has 12 heteroatoms. The lowest BCUT2D eigenvalue weighted by Crippen LogP contribution is -2.53. The van der Waals surface area contributed by atoms with Gasteiger partial charge in [0.1, 0.15) is 12.6 Å². The summed E-state index contributed by atoms with van der Waals surface area (Å²) >= 11 is 24.8. The maximum Gasteiger partial charge on any atom is 0.244 e. The van der Waals surface area contributed by atoms with Gasteiger partial charge in [0.2, 0.25) is 21.8 Å². The molecular weight excluding hydrogens is 556 g/mol. The third-order valence-corrected chi connectivity index (χ3v) is 7.31. The van der Waals surface area contributed by atoms with E-state index >= 15 is 0 Å². The number of hydrogen-bond donors (Lipinski definition) is 1. The van der Waals surface area contributed by atoms with Gasteiger partial charge in [-0.15, -0.1) is 0 Å². The fraction of sp³-hybridized carbons (Fsp3) is 0.391. The number of nitrogens with one attached hydrogen (secondary N) is 1. The summed E-state index contributed by atoms with van der Waals surface area (Å²) in [5.41, 5.74) is 0.561. The van der Waals surface area contributed by atoms with Crippen LogP contribution in [-0.2, 0) is 26.2 Å². The second kappa shape index (κ2) is 12.5. The van der Waals surface area contributed by atoms with E-state index in [9.17, 15) is 18.0 Å². The predicted octanol–water partition coefficient (Wildman–Crippen LogP) is 5.40. The zero-order valence-corrected chi connectivity index (χ0v) is 23.5. The number of halogens is 4. The van der Waals surface area contributed by atoms with Gasteiger partial charge in [-0.3, -0.25) is 13.9 Å². The molecule has 0 saturated heterocycles. The summed E-state index contributed by atoms with van der Waals surface area (Å²) in [6.07, 6.45) is 1.24. The molecule has 2 amide bonds. The van der Waals surface area contributed by atoms with E-state index in [4.69, 9.17) is 46.4 Å². The highest BCUT2D eigenvalue weighted by atomic mass is 35.5. The van der Waals surface area contributed by atoms with Crippen LogP contribution in [0.2, 0.25) is 20.1 Å². The van der Waals surface area contributed by atoms with Crippen molar-refractivity contribution in [2.24, 2.45) is 0 Å². The monoisotopic (exact) mass is 581 g/mol. The molecule has 0 heterocycles. The maximum absolute atomic E-state index is 13.6. The first-order valence-corrected chi connectivity index (χ1v) is 14.1. The van der Waals surface area contributed by atoms with Gasteiger partial charge in [-0.05, 0) is 50.6 Å². The Hall–Kier alpha value is -1.71. The highest BCUT2D eigenvalue weighted by molar-refractivity contribution is 7.92. The van der Waals surface area contributed by atoms with Crippen molar-refractivity contribution in [1.82, 2.24) is 10.2 Å². The average Bonchev–Trinajstić information content (AvgIpc) is 2.71. The minimum atomic E-state index is -3.93. The lowest BCUT2D eigenvalue weighted by Gasteiger charge is -2.33. The van der Waals surface area contributed by atoms with Gasteiger partial charge < -0.3 is 10.2 Å². The number of amides is 2. The summed E-state index contributed by atoms with van der Waals surface area (Å²) in [6.45, 7) is 4.66. The van der Waals surface area contributed by atoms with E-state index in [2.05, 4.69) is 5.32 Å². The van der Waals surface area contributed by atoms with Crippen molar-refractivity contribution in [1.29, 1.82) is 0 Å². The Morgan fingerprint density at radius 1 is 1.00 bits per heavy atom. The van der Waals surface area contributed by atoms with Crippen molar-refractivity contribution in [2.75, 3.05) is 17.1 Å². The third-order valence-electron chi connectivity index (χ3n) is 5.02. The smallest absolute Gasteiger partial charge is 0.244 e. The Bertz CT molecular complexity index is 1150. The first-order chi connectivity index (χ1) is 16.2. The second-order valence-electron chi connectivity index (χ2n) is 8.21. The molecule has 1 atom stereocenters. The molecule has 0 saturated carbocycles. The van der Waals surface area contributed by atoms with Crippen LogP contribution in [0.4, 0.5) is 5.69 Å². The maximum atomic E-state index is 13.6. The summed E-state index contributed by atoms with van der Waals surface area (Å²) in [5.74, 6) is -1.01. The lowest BCUT2D eigenvalue weighted by molar-refractivity contribution is -0.140. The number of benzene rings is 2. The predicted molar refractivity (Wildman–Crippen MR) is 143 cm³/mol. The number of carbonyl (C=O) groups is 2. The number of sulfonamides is 1. The van der Waals surface area contributed by atoms with Crippen LogP contribution in [0.3, 0.4) is 0 Å². The Labute approximate surface area is 226 Å². The normalized spacial score (nSPS) is 12.4. The van der Waals surface area contributed by atoms with Crippen molar-refractivity contribution < 1.29 is 18.0 Å². The molecular formula is C23H27Cl4N3O4S. The molecule has 0 spiro atoms. The van der Waals surface area contributed by atoms with Gasteiger partial charge in [0, 0.05) is 38.2 Å². The molecule has 0 aliphatic heterocycles. The fourth-order valence-electron chi connectivity index (χ4n) is 3.45. The Balaban J connectivity index is 2.54. The van der Waals surface area contributed by atoms with Crippen molar-refractivity contribution in [3.63, 3.8) is 0 Å². The van der Waals surface area contributed by atoms with Gasteiger partial charge in [-0.1, -0.05) is 59.4 Å². The molecule has 1 N–H and O–H groups in total. The number of rotatable bonds is 10. The number of hydrogen-bond acceptors (Lipinski definition) is 4. The van der Waals surface area contributed by atoms with Gasteiger partial charge in [0.25, 0.3) is 0 Å². The van der Waals surface area contributed by atoms with Crippen LogP contribution in [0.15, 0.2) is 36.4 Å². The first-order valence-electron chi connectivity index (χ1n) is 10.7. The van der Waals surface area contributed by atoms with Gasteiger partial charge in [-0.25, -0.2) is 8.42 Å². The molecule has 0 aliphatic carbocycles. The highest BCUT2D eigenvalue weighted by Gasteiger charge is 2.33. The van der Waals surface area contributed by atoms with Crippen LogP contribution >= 0.6 is 46.4 Å². The highest BCUT2D eigenvalue weighted by Crippen LogP contribution is 2.29. The van der Waals surface area contributed by atoms with E-state index in [0.717, 1.165) is 10.6 Å². The van der Waals surface area contributed by atoms with Crippen molar-refractivity contribution in [3.8, 4) is 0 Å². The van der Waals surface area contributed by atoms with Crippen LogP contribution < -0.4 is 9.62 Å². The zero-order valence-electron chi connectivity index (χ0n) is 19.7. The average molecular weight is 583 g/mol. The molecule has 0 bridgehead atoms. The van der Waals surface area contributed by atoms with Gasteiger partial charge in [0.05, 0.1) is 11.9 Å². The molecule has 0 radical (unpaired) electrons.